The van der Waals surface area contributed by atoms with Crippen LogP contribution in [-0.2, 0) is 14.3 Å². The molecule has 2 N–H and O–H groups in total. The van der Waals surface area contributed by atoms with Crippen molar-refractivity contribution >= 4 is 11.9 Å². The smallest absolute Gasteiger partial charge is 0.310 e. The maximum absolute atomic E-state index is 11.5. The molecule has 2 heterocycles. The first-order chi connectivity index (χ1) is 6.57. The molecule has 2 bridgehead atoms. The van der Waals surface area contributed by atoms with Gasteiger partial charge in [-0.2, -0.15) is 0 Å². The lowest BCUT2D eigenvalue weighted by Gasteiger charge is -2.29. The van der Waals surface area contributed by atoms with Crippen LogP contribution in [0.1, 0.15) is 13.3 Å². The van der Waals surface area contributed by atoms with Gasteiger partial charge in [-0.15, -0.1) is 0 Å². The summed E-state index contributed by atoms with van der Waals surface area (Å²) in [6, 6.07) is 0.0187. The van der Waals surface area contributed by atoms with Crippen molar-refractivity contribution < 1.29 is 14.3 Å². The minimum absolute atomic E-state index is 0.0187. The molecule has 2 aliphatic heterocycles. The zero-order chi connectivity index (χ0) is 10.3. The predicted octanol–water partition coefficient (Wildman–Crippen LogP) is -0.974. The average molecular weight is 198 g/mol. The van der Waals surface area contributed by atoms with Gasteiger partial charge in [-0.25, -0.2) is 0 Å². The van der Waals surface area contributed by atoms with Gasteiger partial charge in [-0.1, -0.05) is 0 Å². The highest BCUT2D eigenvalue weighted by Crippen LogP contribution is 2.32. The summed E-state index contributed by atoms with van der Waals surface area (Å²) < 4.78 is 4.70. The van der Waals surface area contributed by atoms with Gasteiger partial charge in [0, 0.05) is 12.6 Å². The van der Waals surface area contributed by atoms with E-state index in [1.54, 1.807) is 0 Å². The zero-order valence-corrected chi connectivity index (χ0v) is 8.29. The first-order valence-corrected chi connectivity index (χ1v) is 4.70. The number of carbonyl (C=O) groups is 2. The van der Waals surface area contributed by atoms with E-state index in [4.69, 9.17) is 4.74 Å². The second kappa shape index (κ2) is 2.95. The Labute approximate surface area is 82.2 Å². The molecule has 0 spiro atoms. The highest BCUT2D eigenvalue weighted by Gasteiger charge is 2.52. The second-order valence-corrected chi connectivity index (χ2v) is 4.13. The summed E-state index contributed by atoms with van der Waals surface area (Å²) >= 11 is 0. The third-order valence-electron chi connectivity index (χ3n) is 3.11. The van der Waals surface area contributed by atoms with Crippen molar-refractivity contribution in [1.82, 2.24) is 10.6 Å². The maximum atomic E-state index is 11.5. The lowest BCUT2D eigenvalue weighted by Crippen LogP contribution is -2.60. The van der Waals surface area contributed by atoms with Crippen molar-refractivity contribution in [2.75, 3.05) is 13.7 Å². The topological polar surface area (TPSA) is 67.4 Å². The Kier molecular flexibility index (Phi) is 1.99. The molecule has 2 fully saturated rings. The van der Waals surface area contributed by atoms with Gasteiger partial charge in [0.25, 0.3) is 0 Å². The van der Waals surface area contributed by atoms with Gasteiger partial charge >= 0.3 is 5.97 Å². The first kappa shape index (κ1) is 9.45. The fraction of sp³-hybridized carbons (Fsp3) is 0.778. The quantitative estimate of drug-likeness (QED) is 0.532. The standard InChI is InChI=1S/C9H14N2O3/c1-9-3-5(7(12)14-2)6(11-9)4-10-8(9)13/h5-6,11H,3-4H2,1-2H3,(H,10,13). The third kappa shape index (κ3) is 1.19. The number of methoxy groups -OCH3 is 1. The van der Waals surface area contributed by atoms with Crippen LogP contribution in [0.5, 0.6) is 0 Å². The number of esters is 1. The molecule has 3 unspecified atom stereocenters. The third-order valence-corrected chi connectivity index (χ3v) is 3.11. The zero-order valence-electron chi connectivity index (χ0n) is 8.29. The Bertz CT molecular complexity index is 292. The SMILES string of the molecule is COC(=O)C1CC2(C)NC1CNC2=O. The molecule has 0 aromatic carbocycles. The number of carbonyl (C=O) groups excluding carboxylic acids is 2. The van der Waals surface area contributed by atoms with Gasteiger partial charge in [0.1, 0.15) is 0 Å². The lowest BCUT2D eigenvalue weighted by atomic mass is 9.94. The van der Waals surface area contributed by atoms with Crippen molar-refractivity contribution in [3.8, 4) is 0 Å². The minimum atomic E-state index is -0.595. The molecule has 2 aliphatic rings. The normalized spacial score (nSPS) is 40.6. The molecule has 0 aliphatic carbocycles. The van der Waals surface area contributed by atoms with Crippen LogP contribution in [0.4, 0.5) is 0 Å². The van der Waals surface area contributed by atoms with Crippen molar-refractivity contribution in [3.05, 3.63) is 0 Å². The van der Waals surface area contributed by atoms with Crippen LogP contribution in [0.3, 0.4) is 0 Å². The number of ether oxygens (including phenoxy) is 1. The molecule has 5 heteroatoms. The van der Waals surface area contributed by atoms with E-state index in [9.17, 15) is 9.59 Å². The van der Waals surface area contributed by atoms with E-state index in [0.717, 1.165) is 0 Å². The van der Waals surface area contributed by atoms with Crippen molar-refractivity contribution in [2.45, 2.75) is 24.9 Å². The summed E-state index contributed by atoms with van der Waals surface area (Å²) in [5.41, 5.74) is -0.595. The molecular weight excluding hydrogens is 184 g/mol. The van der Waals surface area contributed by atoms with Crippen molar-refractivity contribution in [1.29, 1.82) is 0 Å². The number of hydrogen-bond acceptors (Lipinski definition) is 4. The number of hydrogen-bond donors (Lipinski definition) is 2. The van der Waals surface area contributed by atoms with Gasteiger partial charge < -0.3 is 10.1 Å². The highest BCUT2D eigenvalue weighted by molar-refractivity contribution is 5.89. The van der Waals surface area contributed by atoms with E-state index < -0.39 is 5.54 Å². The minimum Gasteiger partial charge on any atom is -0.469 e. The van der Waals surface area contributed by atoms with E-state index in [1.165, 1.54) is 7.11 Å². The molecule has 0 saturated carbocycles. The van der Waals surface area contributed by atoms with Gasteiger partial charge in [0.05, 0.1) is 18.6 Å². The molecule has 2 saturated heterocycles. The number of amides is 1. The number of fused-ring (bicyclic) bond motifs is 2. The average Bonchev–Trinajstić information content (AvgIpc) is 2.46. The van der Waals surface area contributed by atoms with Crippen molar-refractivity contribution in [3.63, 3.8) is 0 Å². The van der Waals surface area contributed by atoms with E-state index in [1.807, 2.05) is 6.92 Å². The highest BCUT2D eigenvalue weighted by atomic mass is 16.5. The molecule has 0 radical (unpaired) electrons. The summed E-state index contributed by atoms with van der Waals surface area (Å²) in [7, 11) is 1.38. The maximum Gasteiger partial charge on any atom is 0.310 e. The Morgan fingerprint density at radius 3 is 2.93 bits per heavy atom. The molecule has 5 nitrogen and oxygen atoms in total. The second-order valence-electron chi connectivity index (χ2n) is 4.13. The van der Waals surface area contributed by atoms with Crippen LogP contribution in [0.25, 0.3) is 0 Å². The van der Waals surface area contributed by atoms with Crippen LogP contribution < -0.4 is 10.6 Å². The fourth-order valence-corrected chi connectivity index (χ4v) is 2.30. The number of piperazine rings is 1. The van der Waals surface area contributed by atoms with E-state index >= 15 is 0 Å². The monoisotopic (exact) mass is 198 g/mol. The van der Waals surface area contributed by atoms with E-state index in [2.05, 4.69) is 10.6 Å². The fourth-order valence-electron chi connectivity index (χ4n) is 2.30. The molecule has 0 aromatic heterocycles. The molecule has 78 valence electrons. The van der Waals surface area contributed by atoms with Crippen LogP contribution in [0.15, 0.2) is 0 Å². The Balaban J connectivity index is 2.20. The van der Waals surface area contributed by atoms with Gasteiger partial charge in [-0.05, 0) is 13.3 Å². The van der Waals surface area contributed by atoms with E-state index in [-0.39, 0.29) is 23.8 Å². The van der Waals surface area contributed by atoms with Crippen LogP contribution in [0.2, 0.25) is 0 Å². The van der Waals surface area contributed by atoms with Gasteiger partial charge in [0.2, 0.25) is 5.91 Å². The van der Waals surface area contributed by atoms with Crippen LogP contribution in [0, 0.1) is 5.92 Å². The summed E-state index contributed by atoms with van der Waals surface area (Å²) in [5, 5.41) is 5.95. The number of nitrogens with one attached hydrogen (secondary N) is 2. The Morgan fingerprint density at radius 2 is 2.36 bits per heavy atom. The summed E-state index contributed by atoms with van der Waals surface area (Å²) in [6.45, 7) is 2.33. The largest absolute Gasteiger partial charge is 0.469 e. The van der Waals surface area contributed by atoms with Crippen LogP contribution >= 0.6 is 0 Å². The molecular formula is C9H14N2O3. The lowest BCUT2D eigenvalue weighted by molar-refractivity contribution is -0.145. The van der Waals surface area contributed by atoms with Crippen LogP contribution in [-0.4, -0.2) is 37.1 Å². The summed E-state index contributed by atoms with van der Waals surface area (Å²) in [5.74, 6) is -0.466. The van der Waals surface area contributed by atoms with Gasteiger partial charge in [0.15, 0.2) is 0 Å². The van der Waals surface area contributed by atoms with Gasteiger partial charge in [-0.3, -0.25) is 14.9 Å². The summed E-state index contributed by atoms with van der Waals surface area (Å²) in [4.78, 5) is 22.9. The molecule has 14 heavy (non-hydrogen) atoms. The first-order valence-electron chi connectivity index (χ1n) is 4.70. The summed E-state index contributed by atoms with van der Waals surface area (Å²) in [6.07, 6.45) is 0.524. The number of rotatable bonds is 1. The molecule has 2 rings (SSSR count). The molecule has 0 aromatic rings. The Hall–Kier alpha value is -1.10. The van der Waals surface area contributed by atoms with E-state index in [0.29, 0.717) is 13.0 Å². The Morgan fingerprint density at radius 1 is 1.64 bits per heavy atom. The van der Waals surface area contributed by atoms with Crippen molar-refractivity contribution in [2.24, 2.45) is 5.92 Å². The molecule has 3 atom stereocenters. The molecule has 1 amide bonds. The predicted molar refractivity (Wildman–Crippen MR) is 48.5 cm³/mol.